The van der Waals surface area contributed by atoms with Crippen LogP contribution in [0.25, 0.3) is 11.3 Å². The molecule has 1 saturated carbocycles. The highest BCUT2D eigenvalue weighted by molar-refractivity contribution is 7.92. The Hall–Kier alpha value is -3.25. The number of nitrogens with two attached hydrogens (primary N) is 1. The standard InChI is InChI=1S/C23H28N6O5S/c1-4-34-23(31)19-20(24)26-29-8-7-16(25-21(19)29)14-9-15-11-28(12(2)13-5-6-13)22(30)18(15)17(10-14)27-35(3,32)33/h7-10,12-13,19-20H,4-6,11,24H2,1-3H3,(H-,26,27,30)/p+1/t12-,19?,20?/m0/s1. The summed E-state index contributed by atoms with van der Waals surface area (Å²) in [6.45, 7) is 4.38. The van der Waals surface area contributed by atoms with Crippen LogP contribution in [0.2, 0.25) is 0 Å². The zero-order chi connectivity index (χ0) is 25.1. The largest absolute Gasteiger partial charge is 0.465 e. The number of nitrogens with zero attached hydrogens (tertiary/aromatic N) is 3. The van der Waals surface area contributed by atoms with E-state index in [1.807, 2.05) is 17.9 Å². The highest BCUT2D eigenvalue weighted by Gasteiger charge is 2.45. The van der Waals surface area contributed by atoms with E-state index in [1.165, 1.54) is 0 Å². The van der Waals surface area contributed by atoms with Gasteiger partial charge in [-0.15, -0.1) is 4.68 Å². The SMILES string of the molecule is CCOC(=O)C1c2nc(-c3cc4c(c(NS(C)(=O)=O)c3)C(=O)N([C@@H](C)C3CC3)C4)cc[n+]2NC1N. The monoisotopic (exact) mass is 501 g/mol. The average Bonchev–Trinajstić information content (AvgIpc) is 3.49. The fourth-order valence-corrected chi connectivity index (χ4v) is 5.43. The number of rotatable bonds is 7. The van der Waals surface area contributed by atoms with Crippen molar-refractivity contribution in [2.24, 2.45) is 11.7 Å². The molecule has 11 nitrogen and oxygen atoms in total. The highest BCUT2D eigenvalue weighted by atomic mass is 32.2. The number of carbonyl (C=O) groups excluding carboxylic acids is 2. The van der Waals surface area contributed by atoms with Crippen LogP contribution in [-0.4, -0.2) is 55.2 Å². The second-order valence-electron chi connectivity index (χ2n) is 9.37. The molecule has 1 aromatic carbocycles. The fraction of sp³-hybridized carbons (Fsp3) is 0.478. The number of sulfonamides is 1. The molecule has 0 bridgehead atoms. The number of amides is 1. The van der Waals surface area contributed by atoms with Crippen LogP contribution >= 0.6 is 0 Å². The van der Waals surface area contributed by atoms with Gasteiger partial charge in [-0.05, 0) is 55.3 Å². The first-order valence-corrected chi connectivity index (χ1v) is 13.5. The Morgan fingerprint density at radius 1 is 1.40 bits per heavy atom. The Bertz CT molecular complexity index is 1330. The third kappa shape index (κ3) is 4.31. The number of ether oxygens (including phenoxy) is 1. The third-order valence-electron chi connectivity index (χ3n) is 6.75. The van der Waals surface area contributed by atoms with Crippen LogP contribution in [-0.2, 0) is 26.1 Å². The molecule has 186 valence electrons. The van der Waals surface area contributed by atoms with Crippen LogP contribution in [0.15, 0.2) is 24.4 Å². The molecule has 2 aromatic rings. The van der Waals surface area contributed by atoms with Gasteiger partial charge in [-0.25, -0.2) is 13.8 Å². The molecule has 2 aliphatic heterocycles. The average molecular weight is 502 g/mol. The maximum atomic E-state index is 13.3. The summed E-state index contributed by atoms with van der Waals surface area (Å²) < 4.78 is 33.5. The number of fused-ring (bicyclic) bond motifs is 2. The van der Waals surface area contributed by atoms with Gasteiger partial charge in [-0.3, -0.25) is 14.3 Å². The van der Waals surface area contributed by atoms with Crippen molar-refractivity contribution in [1.82, 2.24) is 9.88 Å². The Balaban J connectivity index is 1.57. The summed E-state index contributed by atoms with van der Waals surface area (Å²) >= 11 is 0. The van der Waals surface area contributed by atoms with Crippen molar-refractivity contribution < 1.29 is 27.4 Å². The highest BCUT2D eigenvalue weighted by Crippen LogP contribution is 2.41. The van der Waals surface area contributed by atoms with Crippen molar-refractivity contribution in [3.63, 3.8) is 0 Å². The molecule has 4 N–H and O–H groups in total. The summed E-state index contributed by atoms with van der Waals surface area (Å²) in [5.74, 6) is -0.578. The van der Waals surface area contributed by atoms with Gasteiger partial charge in [-0.2, -0.15) is 0 Å². The first kappa shape index (κ1) is 23.5. The molecule has 12 heteroatoms. The van der Waals surface area contributed by atoms with Crippen molar-refractivity contribution in [2.75, 3.05) is 23.0 Å². The fourth-order valence-electron chi connectivity index (χ4n) is 4.87. The maximum absolute atomic E-state index is 13.3. The van der Waals surface area contributed by atoms with E-state index in [9.17, 15) is 18.0 Å². The summed E-state index contributed by atoms with van der Waals surface area (Å²) in [5, 5.41) is 0. The van der Waals surface area contributed by atoms with Gasteiger partial charge in [0.05, 0.1) is 24.1 Å². The molecule has 3 heterocycles. The normalized spacial score (nSPS) is 21.8. The Kier molecular flexibility index (Phi) is 5.67. The Morgan fingerprint density at radius 3 is 2.80 bits per heavy atom. The lowest BCUT2D eigenvalue weighted by atomic mass is 10.0. The number of hydrogen-bond acceptors (Lipinski definition) is 8. The first-order chi connectivity index (χ1) is 16.6. The van der Waals surface area contributed by atoms with Crippen LogP contribution in [0.4, 0.5) is 5.69 Å². The third-order valence-corrected chi connectivity index (χ3v) is 7.34. The van der Waals surface area contributed by atoms with Crippen LogP contribution in [0.3, 0.4) is 0 Å². The summed E-state index contributed by atoms with van der Waals surface area (Å²) in [7, 11) is -3.64. The predicted molar refractivity (Wildman–Crippen MR) is 127 cm³/mol. The maximum Gasteiger partial charge on any atom is 0.340 e. The van der Waals surface area contributed by atoms with Crippen LogP contribution in [0.1, 0.15) is 54.4 Å². The molecule has 5 rings (SSSR count). The number of nitrogens with one attached hydrogen (secondary N) is 2. The number of esters is 1. The zero-order valence-corrected chi connectivity index (χ0v) is 20.6. The van der Waals surface area contributed by atoms with Crippen LogP contribution in [0.5, 0.6) is 0 Å². The molecule has 1 aromatic heterocycles. The Morgan fingerprint density at radius 2 is 2.14 bits per heavy atom. The van der Waals surface area contributed by atoms with Gasteiger partial charge in [0.2, 0.25) is 15.9 Å². The van der Waals surface area contributed by atoms with Crippen molar-refractivity contribution in [1.29, 1.82) is 0 Å². The number of benzene rings is 1. The van der Waals surface area contributed by atoms with Crippen molar-refractivity contribution in [3.05, 3.63) is 41.3 Å². The van der Waals surface area contributed by atoms with Crippen molar-refractivity contribution >= 4 is 27.6 Å². The van der Waals surface area contributed by atoms with E-state index in [1.54, 1.807) is 29.9 Å². The second kappa shape index (κ2) is 8.45. The van der Waals surface area contributed by atoms with E-state index in [4.69, 9.17) is 10.5 Å². The van der Waals surface area contributed by atoms with E-state index >= 15 is 0 Å². The number of anilines is 1. The molecule has 0 spiro atoms. The lowest BCUT2D eigenvalue weighted by Gasteiger charge is -2.24. The molecule has 3 atom stereocenters. The van der Waals surface area contributed by atoms with Crippen LogP contribution < -0.4 is 20.6 Å². The molecule has 0 saturated heterocycles. The zero-order valence-electron chi connectivity index (χ0n) is 19.8. The number of carbonyl (C=O) groups is 2. The topological polar surface area (TPSA) is 148 Å². The molecule has 2 unspecified atom stereocenters. The van der Waals surface area contributed by atoms with Crippen molar-refractivity contribution in [2.45, 2.75) is 51.4 Å². The van der Waals surface area contributed by atoms with Gasteiger partial charge in [0.15, 0.2) is 5.69 Å². The lowest BCUT2D eigenvalue weighted by Crippen LogP contribution is -2.48. The summed E-state index contributed by atoms with van der Waals surface area (Å²) in [5.41, 5.74) is 11.6. The number of aromatic nitrogens is 2. The van der Waals surface area contributed by atoms with E-state index in [-0.39, 0.29) is 24.2 Å². The van der Waals surface area contributed by atoms with Gasteiger partial charge in [0.25, 0.3) is 5.91 Å². The Labute approximate surface area is 203 Å². The lowest BCUT2D eigenvalue weighted by molar-refractivity contribution is -0.651. The van der Waals surface area contributed by atoms with Crippen LogP contribution in [0, 0.1) is 5.92 Å². The van der Waals surface area contributed by atoms with Gasteiger partial charge >= 0.3 is 11.8 Å². The molecular weight excluding hydrogens is 472 g/mol. The van der Waals surface area contributed by atoms with Gasteiger partial charge in [0.1, 0.15) is 12.4 Å². The summed E-state index contributed by atoms with van der Waals surface area (Å²) in [6, 6.07) is 5.30. The van der Waals surface area contributed by atoms with E-state index in [0.29, 0.717) is 35.1 Å². The number of hydrogen-bond donors (Lipinski definition) is 3. The molecule has 1 fully saturated rings. The van der Waals surface area contributed by atoms with E-state index in [2.05, 4.69) is 15.1 Å². The molecule has 1 amide bonds. The first-order valence-electron chi connectivity index (χ1n) is 11.6. The molecule has 0 radical (unpaired) electrons. The summed E-state index contributed by atoms with van der Waals surface area (Å²) in [6.07, 6.45) is 4.25. The minimum absolute atomic E-state index is 0.0804. The van der Waals surface area contributed by atoms with E-state index in [0.717, 1.165) is 24.7 Å². The van der Waals surface area contributed by atoms with Gasteiger partial charge < -0.3 is 15.4 Å². The molecule has 3 aliphatic rings. The molecular formula is C23H29N6O5S+. The van der Waals surface area contributed by atoms with Crippen molar-refractivity contribution in [3.8, 4) is 11.3 Å². The van der Waals surface area contributed by atoms with Gasteiger partial charge in [0, 0.05) is 24.2 Å². The second-order valence-corrected chi connectivity index (χ2v) is 11.1. The minimum Gasteiger partial charge on any atom is -0.465 e. The quantitative estimate of drug-likeness (QED) is 0.370. The summed E-state index contributed by atoms with van der Waals surface area (Å²) in [4.78, 5) is 32.3. The van der Waals surface area contributed by atoms with Gasteiger partial charge in [-0.1, -0.05) is 0 Å². The predicted octanol–water partition coefficient (Wildman–Crippen LogP) is 0.651. The molecule has 35 heavy (non-hydrogen) atoms. The minimum atomic E-state index is -3.64. The van der Waals surface area contributed by atoms with E-state index < -0.39 is 28.1 Å². The smallest absolute Gasteiger partial charge is 0.340 e. The molecule has 1 aliphatic carbocycles.